The van der Waals surface area contributed by atoms with E-state index in [0.29, 0.717) is 48.8 Å². The van der Waals surface area contributed by atoms with Gasteiger partial charge in [-0.3, -0.25) is 4.90 Å². The zero-order valence-corrected chi connectivity index (χ0v) is 18.2. The molecule has 3 N–H and O–H groups in total. The quantitative estimate of drug-likeness (QED) is 0.731. The molecule has 1 saturated heterocycles. The van der Waals surface area contributed by atoms with Crippen LogP contribution in [0, 0.1) is 0 Å². The molecule has 2 aliphatic rings. The molecule has 0 aliphatic carbocycles. The number of rotatable bonds is 5. The van der Waals surface area contributed by atoms with Crippen molar-refractivity contribution in [2.24, 2.45) is 15.7 Å². The SMILES string of the molecule is COc1ccc(N2C(N3CCOCC3)=NC(N)=NC2Nc2cccc(Cl)c2)cc1OC. The Labute approximate surface area is 186 Å². The molecule has 1 atom stereocenters. The zero-order valence-electron chi connectivity index (χ0n) is 17.4. The van der Waals surface area contributed by atoms with E-state index >= 15 is 0 Å². The highest BCUT2D eigenvalue weighted by Crippen LogP contribution is 2.34. The first-order valence-corrected chi connectivity index (χ1v) is 10.2. The first-order chi connectivity index (χ1) is 15.1. The third-order valence-corrected chi connectivity index (χ3v) is 5.22. The number of benzene rings is 2. The molecular weight excluding hydrogens is 420 g/mol. The van der Waals surface area contributed by atoms with Gasteiger partial charge in [-0.15, -0.1) is 0 Å². The van der Waals surface area contributed by atoms with Gasteiger partial charge in [0.1, 0.15) is 0 Å². The molecule has 0 amide bonds. The van der Waals surface area contributed by atoms with Crippen LogP contribution in [0.15, 0.2) is 52.4 Å². The fourth-order valence-corrected chi connectivity index (χ4v) is 3.71. The second-order valence-electron chi connectivity index (χ2n) is 6.94. The molecule has 164 valence electrons. The predicted octanol–water partition coefficient (Wildman–Crippen LogP) is 2.58. The van der Waals surface area contributed by atoms with E-state index in [1.54, 1.807) is 14.2 Å². The summed E-state index contributed by atoms with van der Waals surface area (Å²) in [7, 11) is 3.21. The van der Waals surface area contributed by atoms with Crippen LogP contribution in [-0.4, -0.2) is 63.6 Å². The Morgan fingerprint density at radius 1 is 1.10 bits per heavy atom. The van der Waals surface area contributed by atoms with E-state index in [1.807, 2.05) is 47.4 Å². The van der Waals surface area contributed by atoms with E-state index in [9.17, 15) is 0 Å². The summed E-state index contributed by atoms with van der Waals surface area (Å²) in [4.78, 5) is 13.2. The minimum atomic E-state index is -0.549. The van der Waals surface area contributed by atoms with Gasteiger partial charge in [0.05, 0.1) is 33.1 Å². The molecule has 4 rings (SSSR count). The third kappa shape index (κ3) is 4.62. The zero-order chi connectivity index (χ0) is 21.8. The fourth-order valence-electron chi connectivity index (χ4n) is 3.52. The summed E-state index contributed by atoms with van der Waals surface area (Å²) in [6, 6.07) is 13.1. The molecule has 0 saturated carbocycles. The molecule has 31 heavy (non-hydrogen) atoms. The lowest BCUT2D eigenvalue weighted by atomic mass is 10.2. The molecule has 10 heteroatoms. The number of hydrogen-bond donors (Lipinski definition) is 2. The Bertz CT molecular complexity index is 993. The molecule has 9 nitrogen and oxygen atoms in total. The van der Waals surface area contributed by atoms with Crippen molar-refractivity contribution < 1.29 is 14.2 Å². The van der Waals surface area contributed by atoms with Crippen LogP contribution in [0.1, 0.15) is 0 Å². The maximum atomic E-state index is 6.18. The summed E-state index contributed by atoms with van der Waals surface area (Å²) < 4.78 is 16.4. The van der Waals surface area contributed by atoms with Crippen molar-refractivity contribution in [1.82, 2.24) is 4.90 Å². The van der Waals surface area contributed by atoms with Crippen molar-refractivity contribution in [3.05, 3.63) is 47.5 Å². The second kappa shape index (κ2) is 9.32. The van der Waals surface area contributed by atoms with Crippen LogP contribution in [0.25, 0.3) is 0 Å². The number of morpholine rings is 1. The normalized spacial score (nSPS) is 18.9. The predicted molar refractivity (Wildman–Crippen MR) is 122 cm³/mol. The van der Waals surface area contributed by atoms with E-state index in [2.05, 4.69) is 20.2 Å². The van der Waals surface area contributed by atoms with Crippen LogP contribution in [0.4, 0.5) is 11.4 Å². The maximum Gasteiger partial charge on any atom is 0.222 e. The summed E-state index contributed by atoms with van der Waals surface area (Å²) in [5, 5.41) is 4.02. The summed E-state index contributed by atoms with van der Waals surface area (Å²) in [5.41, 5.74) is 7.74. The van der Waals surface area contributed by atoms with Gasteiger partial charge in [-0.2, -0.15) is 4.99 Å². The number of anilines is 2. The highest BCUT2D eigenvalue weighted by atomic mass is 35.5. The van der Waals surface area contributed by atoms with Gasteiger partial charge in [0.15, 0.2) is 11.5 Å². The number of nitrogens with zero attached hydrogens (tertiary/aromatic N) is 4. The Morgan fingerprint density at radius 2 is 1.87 bits per heavy atom. The highest BCUT2D eigenvalue weighted by Gasteiger charge is 2.32. The third-order valence-electron chi connectivity index (χ3n) is 4.99. The molecule has 1 fully saturated rings. The summed E-state index contributed by atoms with van der Waals surface area (Å²) >= 11 is 6.18. The van der Waals surface area contributed by atoms with Crippen LogP contribution < -0.4 is 25.4 Å². The molecule has 0 spiro atoms. The number of halogens is 1. The molecule has 2 aromatic carbocycles. The van der Waals surface area contributed by atoms with Gasteiger partial charge in [-0.25, -0.2) is 4.99 Å². The minimum Gasteiger partial charge on any atom is -0.493 e. The number of guanidine groups is 2. The van der Waals surface area contributed by atoms with Crippen LogP contribution >= 0.6 is 11.6 Å². The Hall–Kier alpha value is -3.17. The van der Waals surface area contributed by atoms with Crippen molar-refractivity contribution >= 4 is 34.9 Å². The molecule has 1 unspecified atom stereocenters. The van der Waals surface area contributed by atoms with Crippen LogP contribution in [-0.2, 0) is 4.74 Å². The topological polar surface area (TPSA) is 96.9 Å². The summed E-state index contributed by atoms with van der Waals surface area (Å²) in [5.74, 6) is 2.11. The van der Waals surface area contributed by atoms with Crippen LogP contribution in [0.5, 0.6) is 11.5 Å². The summed E-state index contributed by atoms with van der Waals surface area (Å²) in [6.45, 7) is 2.62. The van der Waals surface area contributed by atoms with E-state index < -0.39 is 6.29 Å². The lowest BCUT2D eigenvalue weighted by Crippen LogP contribution is -2.57. The fraction of sp³-hybridized carbons (Fsp3) is 0.333. The standard InChI is InChI=1S/C21H25ClN6O3/c1-29-17-7-6-16(13-18(17)30-2)28-20(24-15-5-3-4-14(22)12-15)25-19(23)26-21(28)27-8-10-31-11-9-27/h3-7,12-13,20,24H,8-11H2,1-2H3,(H2,23,25). The van der Waals surface area contributed by atoms with Crippen LogP contribution in [0.3, 0.4) is 0 Å². The highest BCUT2D eigenvalue weighted by molar-refractivity contribution is 6.30. The van der Waals surface area contributed by atoms with Crippen LogP contribution in [0.2, 0.25) is 5.02 Å². The smallest absolute Gasteiger partial charge is 0.222 e. The van der Waals surface area contributed by atoms with Gasteiger partial charge < -0.3 is 30.2 Å². The Morgan fingerprint density at radius 3 is 2.58 bits per heavy atom. The second-order valence-corrected chi connectivity index (χ2v) is 7.37. The average molecular weight is 445 g/mol. The number of hydrogen-bond acceptors (Lipinski definition) is 9. The monoisotopic (exact) mass is 444 g/mol. The summed E-state index contributed by atoms with van der Waals surface area (Å²) in [6.07, 6.45) is -0.549. The molecule has 2 aromatic rings. The molecule has 0 radical (unpaired) electrons. The van der Waals surface area contributed by atoms with Gasteiger partial charge in [-0.1, -0.05) is 17.7 Å². The molecule has 2 aliphatic heterocycles. The van der Waals surface area contributed by atoms with Gasteiger partial charge >= 0.3 is 0 Å². The lowest BCUT2D eigenvalue weighted by molar-refractivity contribution is 0.0671. The Balaban J connectivity index is 1.76. The van der Waals surface area contributed by atoms with Gasteiger partial charge in [0.2, 0.25) is 18.2 Å². The van der Waals surface area contributed by atoms with E-state index in [1.165, 1.54) is 0 Å². The van der Waals surface area contributed by atoms with Crippen molar-refractivity contribution in [3.63, 3.8) is 0 Å². The van der Waals surface area contributed by atoms with Crippen molar-refractivity contribution in [3.8, 4) is 11.5 Å². The number of methoxy groups -OCH3 is 2. The molecule has 2 heterocycles. The molecule has 0 bridgehead atoms. The molecule has 0 aromatic heterocycles. The number of nitrogens with two attached hydrogens (primary N) is 1. The van der Waals surface area contributed by atoms with E-state index in [-0.39, 0.29) is 5.96 Å². The first-order valence-electron chi connectivity index (χ1n) is 9.87. The maximum absolute atomic E-state index is 6.18. The number of ether oxygens (including phenoxy) is 3. The Kier molecular flexibility index (Phi) is 6.34. The van der Waals surface area contributed by atoms with Crippen molar-refractivity contribution in [1.29, 1.82) is 0 Å². The van der Waals surface area contributed by atoms with E-state index in [4.69, 9.17) is 31.5 Å². The van der Waals surface area contributed by atoms with E-state index in [0.717, 1.165) is 11.4 Å². The lowest BCUT2D eigenvalue weighted by Gasteiger charge is -2.41. The van der Waals surface area contributed by atoms with Gasteiger partial charge in [0.25, 0.3) is 0 Å². The average Bonchev–Trinajstić information content (AvgIpc) is 2.79. The van der Waals surface area contributed by atoms with Gasteiger partial charge in [-0.05, 0) is 30.3 Å². The number of nitrogens with one attached hydrogen (secondary N) is 1. The molecular formula is C21H25ClN6O3. The number of aliphatic imine (C=N–C) groups is 2. The minimum absolute atomic E-state index is 0.192. The van der Waals surface area contributed by atoms with Gasteiger partial charge in [0, 0.05) is 29.9 Å². The largest absolute Gasteiger partial charge is 0.493 e. The first kappa shape index (κ1) is 21.1. The van der Waals surface area contributed by atoms with Crippen molar-refractivity contribution in [2.75, 3.05) is 50.7 Å². The van der Waals surface area contributed by atoms with Crippen molar-refractivity contribution in [2.45, 2.75) is 6.29 Å².